The van der Waals surface area contributed by atoms with E-state index in [4.69, 9.17) is 16.3 Å². The number of guanidine groups is 1. The Hall–Kier alpha value is -1.95. The highest BCUT2D eigenvalue weighted by Crippen LogP contribution is 2.19. The van der Waals surface area contributed by atoms with Crippen LogP contribution in [0.2, 0.25) is 5.02 Å². The van der Waals surface area contributed by atoms with Crippen molar-refractivity contribution in [2.45, 2.75) is 45.8 Å². The fraction of sp³-hybridized carbons (Fsp3) is 0.600. The number of carbonyl (C=O) groups is 1. The summed E-state index contributed by atoms with van der Waals surface area (Å²) in [4.78, 5) is 18.2. The first-order chi connectivity index (χ1) is 12.8. The van der Waals surface area contributed by atoms with Gasteiger partial charge in [-0.3, -0.25) is 4.99 Å². The van der Waals surface area contributed by atoms with Crippen molar-refractivity contribution in [1.29, 1.82) is 0 Å². The van der Waals surface area contributed by atoms with Crippen molar-refractivity contribution in [2.24, 2.45) is 10.9 Å². The van der Waals surface area contributed by atoms with E-state index in [2.05, 4.69) is 15.6 Å². The van der Waals surface area contributed by atoms with E-state index in [-0.39, 0.29) is 6.09 Å². The van der Waals surface area contributed by atoms with E-state index >= 15 is 0 Å². The Bertz CT molecular complexity index is 650. The number of piperidine rings is 1. The van der Waals surface area contributed by atoms with Gasteiger partial charge in [-0.1, -0.05) is 29.8 Å². The second-order valence-electron chi connectivity index (χ2n) is 7.81. The second kappa shape index (κ2) is 9.83. The van der Waals surface area contributed by atoms with E-state index in [0.717, 1.165) is 49.0 Å². The molecule has 0 atom stereocenters. The van der Waals surface area contributed by atoms with E-state index < -0.39 is 5.60 Å². The average molecular weight is 395 g/mol. The molecule has 0 saturated carbocycles. The number of hydrogen-bond acceptors (Lipinski definition) is 3. The predicted molar refractivity (Wildman–Crippen MR) is 110 cm³/mol. The summed E-state index contributed by atoms with van der Waals surface area (Å²) >= 11 is 6.19. The lowest BCUT2D eigenvalue weighted by molar-refractivity contribution is 0.0185. The van der Waals surface area contributed by atoms with Gasteiger partial charge in [0.1, 0.15) is 5.60 Å². The standard InChI is InChI=1S/C20H31ClN4O2/c1-20(2,3)27-19(26)25-11-9-15(10-12-25)13-23-18(22-4)24-14-16-7-5-6-8-17(16)21/h5-8,15H,9-14H2,1-4H3,(H2,22,23,24). The van der Waals surface area contributed by atoms with Crippen LogP contribution in [0, 0.1) is 5.92 Å². The molecular weight excluding hydrogens is 364 g/mol. The summed E-state index contributed by atoms with van der Waals surface area (Å²) in [6.07, 6.45) is 1.69. The molecule has 6 nitrogen and oxygen atoms in total. The van der Waals surface area contributed by atoms with Crippen LogP contribution in [0.1, 0.15) is 39.2 Å². The zero-order valence-electron chi connectivity index (χ0n) is 16.7. The maximum atomic E-state index is 12.1. The van der Waals surface area contributed by atoms with Gasteiger partial charge < -0.3 is 20.3 Å². The van der Waals surface area contributed by atoms with Crippen molar-refractivity contribution in [3.8, 4) is 0 Å². The minimum absolute atomic E-state index is 0.217. The SMILES string of the molecule is CN=C(NCc1ccccc1Cl)NCC1CCN(C(=O)OC(C)(C)C)CC1. The number of aliphatic imine (C=N–C) groups is 1. The van der Waals surface area contributed by atoms with Gasteiger partial charge >= 0.3 is 6.09 Å². The molecule has 0 bridgehead atoms. The molecule has 27 heavy (non-hydrogen) atoms. The maximum absolute atomic E-state index is 12.1. The Labute approximate surface area is 167 Å². The molecule has 0 spiro atoms. The third-order valence-electron chi connectivity index (χ3n) is 4.45. The van der Waals surface area contributed by atoms with Crippen LogP contribution < -0.4 is 10.6 Å². The zero-order valence-corrected chi connectivity index (χ0v) is 17.5. The van der Waals surface area contributed by atoms with Crippen LogP contribution in [0.3, 0.4) is 0 Å². The highest BCUT2D eigenvalue weighted by Gasteiger charge is 2.26. The van der Waals surface area contributed by atoms with E-state index in [9.17, 15) is 4.79 Å². The molecule has 0 aliphatic carbocycles. The second-order valence-corrected chi connectivity index (χ2v) is 8.22. The van der Waals surface area contributed by atoms with Crippen LogP contribution in [0.15, 0.2) is 29.3 Å². The summed E-state index contributed by atoms with van der Waals surface area (Å²) < 4.78 is 5.44. The van der Waals surface area contributed by atoms with Crippen LogP contribution in [0.25, 0.3) is 0 Å². The fourth-order valence-corrected chi connectivity index (χ4v) is 3.13. The number of amides is 1. The van der Waals surface area contributed by atoms with Crippen molar-refractivity contribution in [3.05, 3.63) is 34.9 Å². The number of nitrogens with one attached hydrogen (secondary N) is 2. The molecular formula is C20H31ClN4O2. The van der Waals surface area contributed by atoms with E-state index in [0.29, 0.717) is 12.5 Å². The van der Waals surface area contributed by atoms with Gasteiger partial charge in [-0.25, -0.2) is 4.79 Å². The molecule has 1 saturated heterocycles. The molecule has 0 unspecified atom stereocenters. The van der Waals surface area contributed by atoms with E-state index in [1.807, 2.05) is 45.0 Å². The summed E-state index contributed by atoms with van der Waals surface area (Å²) in [5, 5.41) is 7.41. The van der Waals surface area contributed by atoms with Gasteiger partial charge in [0, 0.05) is 38.2 Å². The molecule has 150 valence electrons. The fourth-order valence-electron chi connectivity index (χ4n) is 2.93. The van der Waals surface area contributed by atoms with Gasteiger partial charge in [-0.15, -0.1) is 0 Å². The van der Waals surface area contributed by atoms with Crippen molar-refractivity contribution < 1.29 is 9.53 Å². The lowest BCUT2D eigenvalue weighted by Crippen LogP contribution is -2.45. The summed E-state index contributed by atoms with van der Waals surface area (Å²) in [7, 11) is 1.76. The Kier molecular flexibility index (Phi) is 7.78. The molecule has 1 aromatic carbocycles. The van der Waals surface area contributed by atoms with Crippen molar-refractivity contribution in [3.63, 3.8) is 0 Å². The Morgan fingerprint density at radius 1 is 1.26 bits per heavy atom. The number of carbonyl (C=O) groups excluding carboxylic acids is 1. The number of benzene rings is 1. The topological polar surface area (TPSA) is 66.0 Å². The monoisotopic (exact) mass is 394 g/mol. The summed E-state index contributed by atoms with van der Waals surface area (Å²) in [6.45, 7) is 8.58. The summed E-state index contributed by atoms with van der Waals surface area (Å²) in [6, 6.07) is 7.77. The Morgan fingerprint density at radius 2 is 1.93 bits per heavy atom. The molecule has 1 heterocycles. The highest BCUT2D eigenvalue weighted by molar-refractivity contribution is 6.31. The van der Waals surface area contributed by atoms with Crippen molar-refractivity contribution in [1.82, 2.24) is 15.5 Å². The smallest absolute Gasteiger partial charge is 0.410 e. The van der Waals surface area contributed by atoms with Crippen LogP contribution in [0.5, 0.6) is 0 Å². The average Bonchev–Trinajstić information content (AvgIpc) is 2.62. The van der Waals surface area contributed by atoms with Crippen molar-refractivity contribution >= 4 is 23.7 Å². The minimum atomic E-state index is -0.449. The Morgan fingerprint density at radius 3 is 2.52 bits per heavy atom. The lowest BCUT2D eigenvalue weighted by Gasteiger charge is -2.33. The van der Waals surface area contributed by atoms with Crippen LogP contribution in [-0.4, -0.2) is 49.2 Å². The Balaban J connectivity index is 1.72. The molecule has 1 aliphatic heterocycles. The number of ether oxygens (including phenoxy) is 1. The van der Waals surface area contributed by atoms with Gasteiger partial charge in [0.2, 0.25) is 0 Å². The number of rotatable bonds is 4. The number of hydrogen-bond donors (Lipinski definition) is 2. The van der Waals surface area contributed by atoms with Gasteiger partial charge in [0.25, 0.3) is 0 Å². The first-order valence-electron chi connectivity index (χ1n) is 9.44. The lowest BCUT2D eigenvalue weighted by atomic mass is 9.97. The summed E-state index contributed by atoms with van der Waals surface area (Å²) in [5.74, 6) is 1.26. The van der Waals surface area contributed by atoms with Crippen LogP contribution in [-0.2, 0) is 11.3 Å². The van der Waals surface area contributed by atoms with Crippen LogP contribution in [0.4, 0.5) is 4.79 Å². The largest absolute Gasteiger partial charge is 0.444 e. The first kappa shape index (κ1) is 21.4. The molecule has 2 rings (SSSR count). The molecule has 0 aromatic heterocycles. The molecule has 1 fully saturated rings. The normalized spacial score (nSPS) is 16.2. The highest BCUT2D eigenvalue weighted by atomic mass is 35.5. The zero-order chi connectivity index (χ0) is 19.9. The van der Waals surface area contributed by atoms with Crippen molar-refractivity contribution in [2.75, 3.05) is 26.7 Å². The number of likely N-dealkylation sites (tertiary alicyclic amines) is 1. The quantitative estimate of drug-likeness (QED) is 0.604. The van der Waals surface area contributed by atoms with Gasteiger partial charge in [-0.2, -0.15) is 0 Å². The molecule has 2 N–H and O–H groups in total. The maximum Gasteiger partial charge on any atom is 0.410 e. The first-order valence-corrected chi connectivity index (χ1v) is 9.82. The third-order valence-corrected chi connectivity index (χ3v) is 4.82. The molecule has 1 aromatic rings. The molecule has 1 aliphatic rings. The van der Waals surface area contributed by atoms with E-state index in [1.54, 1.807) is 11.9 Å². The van der Waals surface area contributed by atoms with Gasteiger partial charge in [0.05, 0.1) is 0 Å². The number of halogens is 1. The molecule has 7 heteroatoms. The number of nitrogens with zero attached hydrogens (tertiary/aromatic N) is 2. The van der Waals surface area contributed by atoms with Gasteiger partial charge in [0.15, 0.2) is 5.96 Å². The minimum Gasteiger partial charge on any atom is -0.444 e. The molecule has 0 radical (unpaired) electrons. The predicted octanol–water partition coefficient (Wildman–Crippen LogP) is 3.65. The van der Waals surface area contributed by atoms with Gasteiger partial charge in [-0.05, 0) is 51.2 Å². The molecule has 1 amide bonds. The summed E-state index contributed by atoms with van der Waals surface area (Å²) in [5.41, 5.74) is 0.586. The van der Waals surface area contributed by atoms with Crippen LogP contribution >= 0.6 is 11.6 Å². The third kappa shape index (κ3) is 7.29. The van der Waals surface area contributed by atoms with E-state index in [1.165, 1.54) is 0 Å².